The van der Waals surface area contributed by atoms with Crippen molar-refractivity contribution in [3.63, 3.8) is 0 Å². The minimum absolute atomic E-state index is 0.0475. The van der Waals surface area contributed by atoms with Crippen LogP contribution in [-0.2, 0) is 4.79 Å². The van der Waals surface area contributed by atoms with Crippen molar-refractivity contribution in [2.75, 3.05) is 20.1 Å². The molecule has 0 spiro atoms. The van der Waals surface area contributed by atoms with Gasteiger partial charge in [0.05, 0.1) is 12.2 Å². The average Bonchev–Trinajstić information content (AvgIpc) is 2.68. The molecular weight excluding hydrogens is 326 g/mol. The Balaban J connectivity index is 1.84. The summed E-state index contributed by atoms with van der Waals surface area (Å²) in [7, 11) is 1.87. The van der Waals surface area contributed by atoms with Crippen molar-refractivity contribution in [2.45, 2.75) is 13.3 Å². The molecule has 2 aromatic rings. The monoisotopic (exact) mass is 349 g/mol. The fourth-order valence-electron chi connectivity index (χ4n) is 3.01. The summed E-state index contributed by atoms with van der Waals surface area (Å²) >= 11 is 0. The lowest BCUT2D eigenvalue weighted by Crippen LogP contribution is -2.40. The molecule has 1 aliphatic heterocycles. The number of nitrogens with zero attached hydrogens (tertiary/aromatic N) is 3. The van der Waals surface area contributed by atoms with Gasteiger partial charge in [-0.2, -0.15) is 0 Å². The van der Waals surface area contributed by atoms with Gasteiger partial charge in [0, 0.05) is 50.6 Å². The predicted molar refractivity (Wildman–Crippen MR) is 104 cm³/mol. The number of nitrogens with one attached hydrogen (secondary N) is 1. The minimum Gasteiger partial charge on any atom is -0.391 e. The fourth-order valence-corrected chi connectivity index (χ4v) is 3.01. The van der Waals surface area contributed by atoms with Crippen LogP contribution in [0.1, 0.15) is 13.3 Å². The average molecular weight is 349 g/mol. The Morgan fingerprint density at radius 1 is 1.23 bits per heavy atom. The van der Waals surface area contributed by atoms with Gasteiger partial charge < -0.3 is 16.0 Å². The van der Waals surface area contributed by atoms with E-state index in [1.807, 2.05) is 49.6 Å². The molecule has 134 valence electrons. The highest BCUT2D eigenvalue weighted by Crippen LogP contribution is 2.23. The molecule has 6 heteroatoms. The summed E-state index contributed by atoms with van der Waals surface area (Å²) in [5.41, 5.74) is 11.1. The van der Waals surface area contributed by atoms with Gasteiger partial charge in [0.25, 0.3) is 0 Å². The first-order valence-electron chi connectivity index (χ1n) is 8.58. The first-order chi connectivity index (χ1) is 12.6. The highest BCUT2D eigenvalue weighted by molar-refractivity contribution is 6.00. The van der Waals surface area contributed by atoms with E-state index in [4.69, 9.17) is 5.73 Å². The van der Waals surface area contributed by atoms with Crippen molar-refractivity contribution in [1.82, 2.24) is 15.2 Å². The maximum absolute atomic E-state index is 11.7. The number of hydrogen-bond donors (Lipinski definition) is 2. The maximum atomic E-state index is 11.7. The first kappa shape index (κ1) is 17.7. The van der Waals surface area contributed by atoms with Gasteiger partial charge in [0.1, 0.15) is 5.84 Å². The summed E-state index contributed by atoms with van der Waals surface area (Å²) in [6.45, 7) is 2.75. The molecule has 0 saturated carbocycles. The van der Waals surface area contributed by atoms with Crippen LogP contribution in [-0.4, -0.2) is 41.8 Å². The maximum Gasteiger partial charge on any atom is 0.219 e. The van der Waals surface area contributed by atoms with Crippen LogP contribution in [0.4, 0.5) is 5.69 Å². The van der Waals surface area contributed by atoms with Gasteiger partial charge in [-0.15, -0.1) is 0 Å². The zero-order valence-corrected chi connectivity index (χ0v) is 15.1. The number of aliphatic imine (C=N–C) groups is 1. The molecule has 26 heavy (non-hydrogen) atoms. The molecule has 0 bridgehead atoms. The molecule has 2 heterocycles. The summed E-state index contributed by atoms with van der Waals surface area (Å²) in [5.74, 6) is 0.487. The number of pyridine rings is 1. The lowest BCUT2D eigenvalue weighted by atomic mass is 10.0. The quantitative estimate of drug-likeness (QED) is 0.656. The topological polar surface area (TPSA) is 83.6 Å². The molecule has 0 fully saturated rings. The third kappa shape index (κ3) is 3.91. The van der Waals surface area contributed by atoms with Crippen LogP contribution in [0.15, 0.2) is 65.1 Å². The molecular formula is C20H23N5O. The van der Waals surface area contributed by atoms with E-state index in [2.05, 4.69) is 15.3 Å². The number of amidine groups is 1. The Hall–Kier alpha value is -3.15. The highest BCUT2D eigenvalue weighted by atomic mass is 16.2. The second-order valence-corrected chi connectivity index (χ2v) is 6.18. The summed E-state index contributed by atoms with van der Waals surface area (Å²) < 4.78 is 0. The standard InChI is InChI=1S/C20H23N5O/c1-14(26)25-11-9-19(22-2)18(13-25)20(21)24-17-7-5-15(6-8-17)16-4-3-10-23-12-16/h3-8,10,12,22H,9,11,13H2,1-2H3,(H2,21,24). The van der Waals surface area contributed by atoms with Gasteiger partial charge in [0.15, 0.2) is 0 Å². The van der Waals surface area contributed by atoms with E-state index in [1.165, 1.54) is 0 Å². The number of nitrogens with two attached hydrogens (primary N) is 1. The fraction of sp³-hybridized carbons (Fsp3) is 0.250. The molecule has 0 saturated heterocycles. The van der Waals surface area contributed by atoms with Crippen molar-refractivity contribution in [3.05, 3.63) is 60.1 Å². The first-order valence-corrected chi connectivity index (χ1v) is 8.58. The number of amides is 1. The Labute approximate surface area is 153 Å². The zero-order valence-electron chi connectivity index (χ0n) is 15.1. The van der Waals surface area contributed by atoms with Crippen LogP contribution in [0.25, 0.3) is 11.1 Å². The van der Waals surface area contributed by atoms with Gasteiger partial charge in [-0.1, -0.05) is 18.2 Å². The molecule has 3 N–H and O–H groups in total. The van der Waals surface area contributed by atoms with Crippen LogP contribution in [0.2, 0.25) is 0 Å². The number of hydrogen-bond acceptors (Lipinski definition) is 4. The normalized spacial score (nSPS) is 15.2. The molecule has 0 unspecified atom stereocenters. The minimum atomic E-state index is 0.0475. The Kier molecular flexibility index (Phi) is 5.31. The third-order valence-electron chi connectivity index (χ3n) is 4.51. The summed E-state index contributed by atoms with van der Waals surface area (Å²) in [6, 6.07) is 11.8. The molecule has 1 amide bonds. The highest BCUT2D eigenvalue weighted by Gasteiger charge is 2.22. The zero-order chi connectivity index (χ0) is 18.5. The van der Waals surface area contributed by atoms with Gasteiger partial charge in [-0.25, -0.2) is 4.99 Å². The van der Waals surface area contributed by atoms with Crippen LogP contribution in [0, 0.1) is 0 Å². The number of aromatic nitrogens is 1. The number of benzene rings is 1. The van der Waals surface area contributed by atoms with E-state index in [0.717, 1.165) is 34.5 Å². The Morgan fingerprint density at radius 2 is 2.00 bits per heavy atom. The second kappa shape index (κ2) is 7.82. The van der Waals surface area contributed by atoms with Gasteiger partial charge in [-0.05, 0) is 29.3 Å². The van der Waals surface area contributed by atoms with Crippen molar-refractivity contribution < 1.29 is 4.79 Å². The SMILES string of the molecule is CNC1=C(C(N)=Nc2ccc(-c3cccnc3)cc2)CN(C(C)=O)CC1. The van der Waals surface area contributed by atoms with Crippen molar-refractivity contribution >= 4 is 17.4 Å². The molecule has 6 nitrogen and oxygen atoms in total. The molecule has 1 aliphatic rings. The van der Waals surface area contributed by atoms with Crippen LogP contribution in [0.5, 0.6) is 0 Å². The summed E-state index contributed by atoms with van der Waals surface area (Å²) in [4.78, 5) is 22.2. The van der Waals surface area contributed by atoms with Gasteiger partial charge in [0.2, 0.25) is 5.91 Å². The van der Waals surface area contributed by atoms with Crippen LogP contribution >= 0.6 is 0 Å². The molecule has 0 atom stereocenters. The second-order valence-electron chi connectivity index (χ2n) is 6.18. The largest absolute Gasteiger partial charge is 0.391 e. The molecule has 1 aromatic heterocycles. The van der Waals surface area contributed by atoms with Crippen LogP contribution in [0.3, 0.4) is 0 Å². The van der Waals surface area contributed by atoms with E-state index >= 15 is 0 Å². The summed E-state index contributed by atoms with van der Waals surface area (Å²) in [6.07, 6.45) is 4.33. The number of rotatable bonds is 4. The van der Waals surface area contributed by atoms with E-state index in [0.29, 0.717) is 18.9 Å². The Bertz CT molecular complexity index is 840. The van der Waals surface area contributed by atoms with E-state index in [1.54, 1.807) is 18.0 Å². The number of carbonyl (C=O) groups is 1. The van der Waals surface area contributed by atoms with Crippen molar-refractivity contribution in [1.29, 1.82) is 0 Å². The molecule has 0 aliphatic carbocycles. The smallest absolute Gasteiger partial charge is 0.219 e. The van der Waals surface area contributed by atoms with E-state index < -0.39 is 0 Å². The number of carbonyl (C=O) groups excluding carboxylic acids is 1. The third-order valence-corrected chi connectivity index (χ3v) is 4.51. The van der Waals surface area contributed by atoms with Gasteiger partial charge >= 0.3 is 0 Å². The lowest BCUT2D eigenvalue weighted by Gasteiger charge is -2.29. The van der Waals surface area contributed by atoms with E-state index in [9.17, 15) is 4.79 Å². The summed E-state index contributed by atoms with van der Waals surface area (Å²) in [5, 5.41) is 3.18. The Morgan fingerprint density at radius 3 is 2.62 bits per heavy atom. The van der Waals surface area contributed by atoms with Crippen molar-refractivity contribution in [3.8, 4) is 11.1 Å². The van der Waals surface area contributed by atoms with E-state index in [-0.39, 0.29) is 5.91 Å². The van der Waals surface area contributed by atoms with Crippen molar-refractivity contribution in [2.24, 2.45) is 10.7 Å². The predicted octanol–water partition coefficient (Wildman–Crippen LogP) is 2.46. The lowest BCUT2D eigenvalue weighted by molar-refractivity contribution is -0.128. The molecule has 3 rings (SSSR count). The van der Waals surface area contributed by atoms with Gasteiger partial charge in [-0.3, -0.25) is 9.78 Å². The van der Waals surface area contributed by atoms with Crippen LogP contribution < -0.4 is 11.1 Å². The molecule has 1 aromatic carbocycles. The molecule has 0 radical (unpaired) electrons.